The second-order valence-electron chi connectivity index (χ2n) is 8.12. The minimum atomic E-state index is -0.821. The third-order valence-electron chi connectivity index (χ3n) is 5.98. The van der Waals surface area contributed by atoms with E-state index in [0.717, 1.165) is 16.7 Å². The maximum absolute atomic E-state index is 11.6. The van der Waals surface area contributed by atoms with Crippen molar-refractivity contribution in [2.75, 3.05) is 6.61 Å². The molecule has 0 unspecified atom stereocenters. The number of benzene rings is 3. The standard InChI is InChI=1S/C27H28O4/c1-20(28)31-26-18-25(29)17-21(26)19-30-27(22-11-5-2-6-12-22,23-13-7-3-8-14-23)24-15-9-4-10-16-24/h2-16,21,25-26,29H,17-19H2,1H3/t21-,25+,26+/m0/s1. The van der Waals surface area contributed by atoms with E-state index < -0.39 is 11.7 Å². The number of aliphatic hydroxyl groups excluding tert-OH is 1. The van der Waals surface area contributed by atoms with E-state index in [1.165, 1.54) is 6.92 Å². The van der Waals surface area contributed by atoms with Crippen LogP contribution in [0.15, 0.2) is 91.0 Å². The molecule has 1 fully saturated rings. The number of hydrogen-bond donors (Lipinski definition) is 1. The van der Waals surface area contributed by atoms with Crippen molar-refractivity contribution < 1.29 is 19.4 Å². The van der Waals surface area contributed by atoms with Crippen LogP contribution < -0.4 is 0 Å². The molecule has 0 heterocycles. The fourth-order valence-corrected chi connectivity index (χ4v) is 4.59. The molecular weight excluding hydrogens is 388 g/mol. The topological polar surface area (TPSA) is 55.8 Å². The van der Waals surface area contributed by atoms with Gasteiger partial charge in [-0.1, -0.05) is 91.0 Å². The molecule has 0 bridgehead atoms. The van der Waals surface area contributed by atoms with Gasteiger partial charge in [-0.3, -0.25) is 4.79 Å². The maximum atomic E-state index is 11.6. The molecule has 3 atom stereocenters. The third-order valence-corrected chi connectivity index (χ3v) is 5.98. The van der Waals surface area contributed by atoms with Crippen LogP contribution >= 0.6 is 0 Å². The van der Waals surface area contributed by atoms with Gasteiger partial charge in [0, 0.05) is 19.3 Å². The Hall–Kier alpha value is -2.95. The van der Waals surface area contributed by atoms with E-state index in [4.69, 9.17) is 9.47 Å². The van der Waals surface area contributed by atoms with Crippen molar-refractivity contribution in [3.8, 4) is 0 Å². The molecule has 0 amide bonds. The molecule has 160 valence electrons. The zero-order chi connectivity index (χ0) is 21.7. The third kappa shape index (κ3) is 4.55. The highest BCUT2D eigenvalue weighted by atomic mass is 16.5. The molecular formula is C27H28O4. The normalized spacial score (nSPS) is 21.0. The smallest absolute Gasteiger partial charge is 0.302 e. The van der Waals surface area contributed by atoms with Crippen LogP contribution in [0, 0.1) is 5.92 Å². The molecule has 1 saturated carbocycles. The van der Waals surface area contributed by atoms with Crippen LogP contribution in [0.2, 0.25) is 0 Å². The molecule has 1 aliphatic rings. The summed E-state index contributed by atoms with van der Waals surface area (Å²) in [5.41, 5.74) is 2.25. The summed E-state index contributed by atoms with van der Waals surface area (Å²) in [5.74, 6) is -0.404. The number of carbonyl (C=O) groups excluding carboxylic acids is 1. The van der Waals surface area contributed by atoms with Gasteiger partial charge in [-0.2, -0.15) is 0 Å². The van der Waals surface area contributed by atoms with Crippen LogP contribution in [0.5, 0.6) is 0 Å². The number of aliphatic hydroxyl groups is 1. The SMILES string of the molecule is CC(=O)O[C@@H]1C[C@H](O)C[C@H]1COC(c1ccccc1)(c1ccccc1)c1ccccc1. The van der Waals surface area contributed by atoms with Crippen molar-refractivity contribution in [1.29, 1.82) is 0 Å². The van der Waals surface area contributed by atoms with Crippen molar-refractivity contribution in [2.24, 2.45) is 5.92 Å². The zero-order valence-electron chi connectivity index (χ0n) is 17.7. The average Bonchev–Trinajstić information content (AvgIpc) is 3.14. The molecule has 4 nitrogen and oxygen atoms in total. The quantitative estimate of drug-likeness (QED) is 0.448. The summed E-state index contributed by atoms with van der Waals surface area (Å²) in [6.07, 6.45) is 0.166. The van der Waals surface area contributed by atoms with Gasteiger partial charge in [0.25, 0.3) is 0 Å². The number of carbonyl (C=O) groups is 1. The first kappa shape index (κ1) is 21.3. The van der Waals surface area contributed by atoms with E-state index in [2.05, 4.69) is 36.4 Å². The Labute approximate surface area is 183 Å². The van der Waals surface area contributed by atoms with Crippen LogP contribution in [-0.4, -0.2) is 29.9 Å². The molecule has 0 radical (unpaired) electrons. The highest BCUT2D eigenvalue weighted by molar-refractivity contribution is 5.66. The summed E-state index contributed by atoms with van der Waals surface area (Å²) in [6.45, 7) is 1.76. The van der Waals surface area contributed by atoms with Gasteiger partial charge in [0.15, 0.2) is 0 Å². The Morgan fingerprint density at radius 1 is 0.839 bits per heavy atom. The lowest BCUT2D eigenvalue weighted by Crippen LogP contribution is -2.36. The molecule has 3 aromatic carbocycles. The van der Waals surface area contributed by atoms with Crippen molar-refractivity contribution in [2.45, 2.75) is 37.6 Å². The Bertz CT molecular complexity index is 875. The van der Waals surface area contributed by atoms with Gasteiger partial charge in [-0.15, -0.1) is 0 Å². The molecule has 31 heavy (non-hydrogen) atoms. The molecule has 0 aliphatic heterocycles. The molecule has 4 heteroatoms. The lowest BCUT2D eigenvalue weighted by Gasteiger charge is -2.37. The van der Waals surface area contributed by atoms with E-state index in [1.807, 2.05) is 54.6 Å². The second-order valence-corrected chi connectivity index (χ2v) is 8.12. The lowest BCUT2D eigenvalue weighted by molar-refractivity contribution is -0.150. The molecule has 0 spiro atoms. The van der Waals surface area contributed by atoms with E-state index in [1.54, 1.807) is 0 Å². The van der Waals surface area contributed by atoms with E-state index >= 15 is 0 Å². The summed E-state index contributed by atoms with van der Waals surface area (Å²) in [7, 11) is 0. The Morgan fingerprint density at radius 3 is 1.71 bits per heavy atom. The first-order valence-corrected chi connectivity index (χ1v) is 10.8. The molecule has 3 aromatic rings. The first-order valence-electron chi connectivity index (χ1n) is 10.8. The second kappa shape index (κ2) is 9.46. The molecule has 0 saturated heterocycles. The highest BCUT2D eigenvalue weighted by Crippen LogP contribution is 2.42. The van der Waals surface area contributed by atoms with Crippen LogP contribution in [0.1, 0.15) is 36.5 Å². The molecule has 1 aliphatic carbocycles. The minimum absolute atomic E-state index is 0.0746. The summed E-state index contributed by atoms with van der Waals surface area (Å²) in [5, 5.41) is 10.2. The predicted octanol–water partition coefficient (Wildman–Crippen LogP) is 4.70. The van der Waals surface area contributed by atoms with E-state index in [9.17, 15) is 9.90 Å². The number of hydrogen-bond acceptors (Lipinski definition) is 4. The van der Waals surface area contributed by atoms with Gasteiger partial charge in [-0.25, -0.2) is 0 Å². The molecule has 0 aromatic heterocycles. The fraction of sp³-hybridized carbons (Fsp3) is 0.296. The predicted molar refractivity (Wildman–Crippen MR) is 119 cm³/mol. The van der Waals surface area contributed by atoms with Crippen molar-refractivity contribution in [3.63, 3.8) is 0 Å². The minimum Gasteiger partial charge on any atom is -0.462 e. The van der Waals surface area contributed by atoms with Gasteiger partial charge in [0.1, 0.15) is 11.7 Å². The van der Waals surface area contributed by atoms with Crippen molar-refractivity contribution >= 4 is 5.97 Å². The van der Waals surface area contributed by atoms with Gasteiger partial charge in [-0.05, 0) is 23.1 Å². The Balaban J connectivity index is 1.76. The zero-order valence-corrected chi connectivity index (χ0v) is 17.7. The Kier molecular flexibility index (Phi) is 6.50. The van der Waals surface area contributed by atoms with Gasteiger partial charge in [0.05, 0.1) is 12.7 Å². The number of rotatable bonds is 7. The van der Waals surface area contributed by atoms with Crippen LogP contribution in [-0.2, 0) is 19.9 Å². The maximum Gasteiger partial charge on any atom is 0.302 e. The van der Waals surface area contributed by atoms with Gasteiger partial charge < -0.3 is 14.6 Å². The monoisotopic (exact) mass is 416 g/mol. The summed E-state index contributed by atoms with van der Waals surface area (Å²) < 4.78 is 12.3. The molecule has 4 rings (SSSR count). The summed E-state index contributed by atoms with van der Waals surface area (Å²) >= 11 is 0. The van der Waals surface area contributed by atoms with Crippen LogP contribution in [0.25, 0.3) is 0 Å². The Morgan fingerprint density at radius 2 is 1.29 bits per heavy atom. The van der Waals surface area contributed by atoms with Gasteiger partial charge in [0.2, 0.25) is 0 Å². The first-order chi connectivity index (χ1) is 15.1. The largest absolute Gasteiger partial charge is 0.462 e. The van der Waals surface area contributed by atoms with Crippen molar-refractivity contribution in [3.05, 3.63) is 108 Å². The average molecular weight is 417 g/mol. The fourth-order valence-electron chi connectivity index (χ4n) is 4.59. The van der Waals surface area contributed by atoms with Crippen LogP contribution in [0.3, 0.4) is 0 Å². The summed E-state index contributed by atoms with van der Waals surface area (Å²) in [4.78, 5) is 11.6. The van der Waals surface area contributed by atoms with Crippen molar-refractivity contribution in [1.82, 2.24) is 0 Å². The van der Waals surface area contributed by atoms with E-state index in [-0.39, 0.29) is 18.0 Å². The number of esters is 1. The van der Waals surface area contributed by atoms with Gasteiger partial charge >= 0.3 is 5.97 Å². The van der Waals surface area contributed by atoms with Crippen LogP contribution in [0.4, 0.5) is 0 Å². The molecule has 1 N–H and O–H groups in total. The summed E-state index contributed by atoms with van der Waals surface area (Å²) in [6, 6.07) is 30.5. The number of ether oxygens (including phenoxy) is 2. The van der Waals surface area contributed by atoms with E-state index in [0.29, 0.717) is 19.4 Å². The highest BCUT2D eigenvalue weighted by Gasteiger charge is 2.41. The lowest BCUT2D eigenvalue weighted by atomic mass is 9.80.